The Kier molecular flexibility index (Phi) is 6.51. The molecular weight excluding hydrogens is 411 g/mol. The number of amides is 1. The minimum absolute atomic E-state index is 0.0647. The summed E-state index contributed by atoms with van der Waals surface area (Å²) in [6.45, 7) is 1.95. The summed E-state index contributed by atoms with van der Waals surface area (Å²) < 4.78 is 43.3. The fraction of sp³-hybridized carbons (Fsp3) is 0.273. The molecule has 0 radical (unpaired) electrons. The maximum absolute atomic E-state index is 12.8. The Morgan fingerprint density at radius 2 is 2.03 bits per heavy atom. The maximum Gasteiger partial charge on any atom is 0.573 e. The van der Waals surface area contributed by atoms with Crippen LogP contribution in [0.2, 0.25) is 0 Å². The van der Waals surface area contributed by atoms with Crippen LogP contribution in [0.1, 0.15) is 35.0 Å². The summed E-state index contributed by atoms with van der Waals surface area (Å²) in [4.78, 5) is 12.8. The van der Waals surface area contributed by atoms with Gasteiger partial charge in [0.1, 0.15) is 11.4 Å². The van der Waals surface area contributed by atoms with Crippen molar-refractivity contribution in [3.8, 4) is 11.8 Å². The van der Waals surface area contributed by atoms with E-state index in [0.29, 0.717) is 28.5 Å². The van der Waals surface area contributed by atoms with E-state index in [0.717, 1.165) is 0 Å². The highest BCUT2D eigenvalue weighted by molar-refractivity contribution is 5.99. The summed E-state index contributed by atoms with van der Waals surface area (Å²) in [7, 11) is 0. The van der Waals surface area contributed by atoms with Gasteiger partial charge in [-0.2, -0.15) is 5.26 Å². The Bertz CT molecular complexity index is 1130. The zero-order chi connectivity index (χ0) is 22.6. The predicted octanol–water partition coefficient (Wildman–Crippen LogP) is 3.96. The van der Waals surface area contributed by atoms with Crippen LogP contribution in [0.15, 0.2) is 48.5 Å². The van der Waals surface area contributed by atoms with Crippen molar-refractivity contribution in [2.45, 2.75) is 32.4 Å². The van der Waals surface area contributed by atoms with Crippen LogP contribution in [-0.2, 0) is 6.54 Å². The van der Waals surface area contributed by atoms with Crippen LogP contribution in [0.4, 0.5) is 13.2 Å². The van der Waals surface area contributed by atoms with Crippen molar-refractivity contribution >= 4 is 16.8 Å². The number of hydrogen-bond acceptors (Lipinski definition) is 4. The summed E-state index contributed by atoms with van der Waals surface area (Å²) in [5.74, 6) is -0.796. The largest absolute Gasteiger partial charge is 0.573 e. The first-order chi connectivity index (χ1) is 14.7. The molecule has 6 nitrogen and oxygen atoms in total. The van der Waals surface area contributed by atoms with Crippen molar-refractivity contribution in [3.05, 3.63) is 65.4 Å². The molecule has 0 bridgehead atoms. The highest BCUT2D eigenvalue weighted by Crippen LogP contribution is 2.26. The summed E-state index contributed by atoms with van der Waals surface area (Å²) in [5, 5.41) is 22.2. The zero-order valence-corrected chi connectivity index (χ0v) is 16.6. The number of aromatic nitrogens is 1. The number of nitrogens with one attached hydrogen (secondary N) is 1. The van der Waals surface area contributed by atoms with Gasteiger partial charge in [-0.25, -0.2) is 0 Å². The van der Waals surface area contributed by atoms with Gasteiger partial charge in [-0.3, -0.25) is 4.79 Å². The Morgan fingerprint density at radius 1 is 1.26 bits per heavy atom. The molecule has 0 saturated carbocycles. The second kappa shape index (κ2) is 9.10. The van der Waals surface area contributed by atoms with Crippen LogP contribution in [0.5, 0.6) is 5.75 Å². The van der Waals surface area contributed by atoms with E-state index in [1.54, 1.807) is 41.8 Å². The number of alkyl halides is 3. The second-order valence-electron chi connectivity index (χ2n) is 6.97. The molecule has 0 aliphatic rings. The van der Waals surface area contributed by atoms with Gasteiger partial charge in [0, 0.05) is 24.0 Å². The molecule has 0 aliphatic heterocycles. The first kappa shape index (κ1) is 22.2. The summed E-state index contributed by atoms with van der Waals surface area (Å²) >= 11 is 0. The van der Waals surface area contributed by atoms with E-state index in [1.807, 2.05) is 6.07 Å². The monoisotopic (exact) mass is 431 g/mol. The number of aliphatic hydroxyl groups excluding tert-OH is 1. The minimum Gasteiger partial charge on any atom is -0.406 e. The van der Waals surface area contributed by atoms with E-state index in [2.05, 4.69) is 10.1 Å². The van der Waals surface area contributed by atoms with Gasteiger partial charge in [0.25, 0.3) is 5.91 Å². The third-order valence-corrected chi connectivity index (χ3v) is 4.71. The lowest BCUT2D eigenvalue weighted by Gasteiger charge is -2.14. The van der Waals surface area contributed by atoms with E-state index in [-0.39, 0.29) is 24.5 Å². The van der Waals surface area contributed by atoms with E-state index < -0.39 is 18.4 Å². The number of nitrogens with zero attached hydrogens (tertiary/aromatic N) is 2. The van der Waals surface area contributed by atoms with Gasteiger partial charge in [0.05, 0.1) is 17.7 Å². The first-order valence-corrected chi connectivity index (χ1v) is 9.54. The van der Waals surface area contributed by atoms with E-state index in [4.69, 9.17) is 5.26 Å². The van der Waals surface area contributed by atoms with Crippen molar-refractivity contribution in [1.29, 1.82) is 5.26 Å². The molecule has 1 heterocycles. The topological polar surface area (TPSA) is 87.3 Å². The molecule has 1 atom stereocenters. The number of benzene rings is 2. The molecular formula is C22H20F3N3O3. The highest BCUT2D eigenvalue weighted by Gasteiger charge is 2.31. The summed E-state index contributed by atoms with van der Waals surface area (Å²) in [6, 6.07) is 14.1. The lowest BCUT2D eigenvalue weighted by atomic mass is 10.1. The van der Waals surface area contributed by atoms with E-state index >= 15 is 0 Å². The van der Waals surface area contributed by atoms with Crippen molar-refractivity contribution in [1.82, 2.24) is 9.88 Å². The van der Waals surface area contributed by atoms with E-state index in [1.165, 1.54) is 18.2 Å². The molecule has 0 aliphatic carbocycles. The second-order valence-corrected chi connectivity index (χ2v) is 6.97. The third kappa shape index (κ3) is 5.55. The molecule has 3 aromatic rings. The van der Waals surface area contributed by atoms with Gasteiger partial charge in [-0.15, -0.1) is 13.2 Å². The number of halogens is 3. The van der Waals surface area contributed by atoms with Crippen LogP contribution >= 0.6 is 0 Å². The fourth-order valence-electron chi connectivity index (χ4n) is 3.17. The first-order valence-electron chi connectivity index (χ1n) is 9.54. The standard InChI is InChI=1S/C22H20F3N3O3/c1-2-17(29)12-27-21(30)20-10-16-8-14(11-26)6-7-19(16)28(20)13-15-4-3-5-18(9-15)31-22(23,24)25/h3-10,17,29H,2,12-13H2,1H3,(H,27,30). The quantitative estimate of drug-likeness (QED) is 0.593. The number of hydrogen-bond donors (Lipinski definition) is 2. The molecule has 2 N–H and O–H groups in total. The van der Waals surface area contributed by atoms with Crippen molar-refractivity contribution in [3.63, 3.8) is 0 Å². The summed E-state index contributed by atoms with van der Waals surface area (Å²) in [5.41, 5.74) is 1.81. The lowest BCUT2D eigenvalue weighted by molar-refractivity contribution is -0.274. The molecule has 31 heavy (non-hydrogen) atoms. The maximum atomic E-state index is 12.8. The number of fused-ring (bicyclic) bond motifs is 1. The molecule has 0 spiro atoms. The van der Waals surface area contributed by atoms with Gasteiger partial charge >= 0.3 is 6.36 Å². The molecule has 3 rings (SSSR count). The number of nitriles is 1. The SMILES string of the molecule is CCC(O)CNC(=O)c1cc2cc(C#N)ccc2n1Cc1cccc(OC(F)(F)F)c1. The lowest BCUT2D eigenvalue weighted by Crippen LogP contribution is -2.33. The zero-order valence-electron chi connectivity index (χ0n) is 16.6. The van der Waals surface area contributed by atoms with Crippen LogP contribution < -0.4 is 10.1 Å². The molecule has 162 valence electrons. The smallest absolute Gasteiger partial charge is 0.406 e. The molecule has 0 fully saturated rings. The average molecular weight is 431 g/mol. The Labute approximate surface area is 176 Å². The molecule has 9 heteroatoms. The molecule has 1 aromatic heterocycles. The van der Waals surface area contributed by atoms with Crippen molar-refractivity contribution in [2.24, 2.45) is 0 Å². The highest BCUT2D eigenvalue weighted by atomic mass is 19.4. The van der Waals surface area contributed by atoms with Crippen molar-refractivity contribution in [2.75, 3.05) is 6.54 Å². The van der Waals surface area contributed by atoms with Crippen LogP contribution in [0.3, 0.4) is 0 Å². The molecule has 1 unspecified atom stereocenters. The average Bonchev–Trinajstić information content (AvgIpc) is 3.08. The van der Waals surface area contributed by atoms with Gasteiger partial charge < -0.3 is 19.7 Å². The number of carbonyl (C=O) groups is 1. The van der Waals surface area contributed by atoms with E-state index in [9.17, 15) is 23.1 Å². The Morgan fingerprint density at radius 3 is 2.71 bits per heavy atom. The van der Waals surface area contributed by atoms with Gasteiger partial charge in [0.15, 0.2) is 0 Å². The Balaban J connectivity index is 1.99. The van der Waals surface area contributed by atoms with Crippen LogP contribution in [0.25, 0.3) is 10.9 Å². The number of carbonyl (C=O) groups excluding carboxylic acids is 1. The number of ether oxygens (including phenoxy) is 1. The minimum atomic E-state index is -4.81. The molecule has 1 amide bonds. The molecule has 0 saturated heterocycles. The van der Waals surface area contributed by atoms with Gasteiger partial charge in [-0.05, 0) is 48.4 Å². The van der Waals surface area contributed by atoms with Crippen LogP contribution in [-0.4, -0.2) is 34.6 Å². The van der Waals surface area contributed by atoms with Gasteiger partial charge in [-0.1, -0.05) is 19.1 Å². The predicted molar refractivity (Wildman–Crippen MR) is 108 cm³/mol. The fourth-order valence-corrected chi connectivity index (χ4v) is 3.17. The normalized spacial score (nSPS) is 12.4. The Hall–Kier alpha value is -3.51. The van der Waals surface area contributed by atoms with Crippen molar-refractivity contribution < 1.29 is 27.8 Å². The van der Waals surface area contributed by atoms with Gasteiger partial charge in [0.2, 0.25) is 0 Å². The summed E-state index contributed by atoms with van der Waals surface area (Å²) in [6.07, 6.45) is -5.03. The number of aliphatic hydroxyl groups is 1. The third-order valence-electron chi connectivity index (χ3n) is 4.71. The number of rotatable bonds is 7. The van der Waals surface area contributed by atoms with Crippen LogP contribution in [0, 0.1) is 11.3 Å². The molecule has 2 aromatic carbocycles.